The summed E-state index contributed by atoms with van der Waals surface area (Å²) in [6, 6.07) is 7.16. The quantitative estimate of drug-likeness (QED) is 0.584. The summed E-state index contributed by atoms with van der Waals surface area (Å²) in [6.07, 6.45) is 0.165. The van der Waals surface area contributed by atoms with Crippen molar-refractivity contribution in [2.45, 2.75) is 51.7 Å². The van der Waals surface area contributed by atoms with Crippen molar-refractivity contribution in [2.24, 2.45) is 0 Å². The molecule has 0 bridgehead atoms. The molecule has 0 spiro atoms. The number of carbonyl (C=O) groups is 2. The van der Waals surface area contributed by atoms with Gasteiger partial charge in [0.15, 0.2) is 0 Å². The summed E-state index contributed by atoms with van der Waals surface area (Å²) in [4.78, 5) is 22.7. The van der Waals surface area contributed by atoms with Gasteiger partial charge in [-0.3, -0.25) is 4.79 Å². The molecule has 26 heavy (non-hydrogen) atoms. The summed E-state index contributed by atoms with van der Waals surface area (Å²) in [5.41, 5.74) is 0.159. The number of alkyl carbamates (subject to hydrolysis) is 1. The highest BCUT2D eigenvalue weighted by atomic mass is 16.6. The van der Waals surface area contributed by atoms with Gasteiger partial charge in [0, 0.05) is 20.0 Å². The van der Waals surface area contributed by atoms with Crippen LogP contribution in [0.5, 0.6) is 5.75 Å². The van der Waals surface area contributed by atoms with Crippen molar-refractivity contribution < 1.29 is 24.2 Å². The van der Waals surface area contributed by atoms with Crippen molar-refractivity contribution in [2.75, 3.05) is 20.2 Å². The third kappa shape index (κ3) is 9.27. The third-order valence-corrected chi connectivity index (χ3v) is 3.42. The Kier molecular flexibility index (Phi) is 8.92. The van der Waals surface area contributed by atoms with E-state index < -0.39 is 17.8 Å². The molecule has 7 heteroatoms. The zero-order valence-electron chi connectivity index (χ0n) is 16.0. The van der Waals surface area contributed by atoms with Gasteiger partial charge in [0.25, 0.3) is 0 Å². The molecule has 0 radical (unpaired) electrons. The number of amides is 2. The van der Waals surface area contributed by atoms with Gasteiger partial charge < -0.3 is 25.2 Å². The molecule has 0 fully saturated rings. The Labute approximate surface area is 155 Å². The first-order valence-electron chi connectivity index (χ1n) is 8.79. The monoisotopic (exact) mass is 366 g/mol. The number of ether oxygens (including phenoxy) is 2. The molecule has 2 amide bonds. The third-order valence-electron chi connectivity index (χ3n) is 3.42. The lowest BCUT2D eigenvalue weighted by Gasteiger charge is -2.20. The van der Waals surface area contributed by atoms with E-state index in [-0.39, 0.29) is 5.91 Å². The maximum atomic E-state index is 11.6. The molecule has 0 aliphatic heterocycles. The lowest BCUT2D eigenvalue weighted by atomic mass is 10.1. The Balaban J connectivity index is 2.39. The van der Waals surface area contributed by atoms with E-state index in [0.29, 0.717) is 43.7 Å². The van der Waals surface area contributed by atoms with Gasteiger partial charge in [-0.15, -0.1) is 0 Å². The Bertz CT molecular complexity index is 584. The van der Waals surface area contributed by atoms with Gasteiger partial charge >= 0.3 is 6.09 Å². The van der Waals surface area contributed by atoms with Gasteiger partial charge in [-0.2, -0.15) is 0 Å². The van der Waals surface area contributed by atoms with Crippen LogP contribution in [-0.2, 0) is 9.53 Å². The highest BCUT2D eigenvalue weighted by molar-refractivity contribution is 5.75. The van der Waals surface area contributed by atoms with Crippen LogP contribution < -0.4 is 15.4 Å². The van der Waals surface area contributed by atoms with Crippen molar-refractivity contribution in [3.05, 3.63) is 29.8 Å². The van der Waals surface area contributed by atoms with E-state index in [9.17, 15) is 14.7 Å². The number of hydrogen-bond donors (Lipinski definition) is 3. The minimum atomic E-state index is -0.723. The highest BCUT2D eigenvalue weighted by Crippen LogP contribution is 2.21. The fourth-order valence-corrected chi connectivity index (χ4v) is 2.15. The average Bonchev–Trinajstić information content (AvgIpc) is 2.57. The van der Waals surface area contributed by atoms with Gasteiger partial charge in [0.2, 0.25) is 5.91 Å². The van der Waals surface area contributed by atoms with Crippen LogP contribution in [0.2, 0.25) is 0 Å². The van der Waals surface area contributed by atoms with Gasteiger partial charge in [0.1, 0.15) is 11.4 Å². The second kappa shape index (κ2) is 10.7. The molecule has 7 nitrogen and oxygen atoms in total. The summed E-state index contributed by atoms with van der Waals surface area (Å²) in [5, 5.41) is 15.4. The number of rotatable bonds is 9. The maximum Gasteiger partial charge on any atom is 0.407 e. The van der Waals surface area contributed by atoms with E-state index in [1.54, 1.807) is 52.1 Å². The zero-order chi connectivity index (χ0) is 19.6. The van der Waals surface area contributed by atoms with Gasteiger partial charge in [-0.25, -0.2) is 4.79 Å². The minimum Gasteiger partial charge on any atom is -0.494 e. The summed E-state index contributed by atoms with van der Waals surface area (Å²) < 4.78 is 10.8. The molecule has 1 aromatic rings. The average molecular weight is 366 g/mol. The van der Waals surface area contributed by atoms with Crippen LogP contribution in [0.1, 0.15) is 51.7 Å². The highest BCUT2D eigenvalue weighted by Gasteiger charge is 2.16. The fraction of sp³-hybridized carbons (Fsp3) is 0.579. The molecule has 1 atom stereocenters. The standard InChI is InChI=1S/C19H30N2O5/c1-19(2,3)26-18(24)21-11-10-16(22)14-7-5-8-15(13-14)25-12-6-9-17(23)20-4/h5,7-8,13,16,22H,6,9-12H2,1-4H3,(H,20,23)(H,21,24). The van der Waals surface area contributed by atoms with Crippen LogP contribution in [-0.4, -0.2) is 42.9 Å². The molecule has 0 heterocycles. The molecule has 0 saturated carbocycles. The van der Waals surface area contributed by atoms with Gasteiger partial charge in [-0.1, -0.05) is 12.1 Å². The smallest absolute Gasteiger partial charge is 0.407 e. The van der Waals surface area contributed by atoms with E-state index >= 15 is 0 Å². The van der Waals surface area contributed by atoms with Crippen LogP contribution in [0.25, 0.3) is 0 Å². The van der Waals surface area contributed by atoms with E-state index in [0.717, 1.165) is 0 Å². The minimum absolute atomic E-state index is 0.0183. The number of benzene rings is 1. The van der Waals surface area contributed by atoms with Crippen molar-refractivity contribution in [3.63, 3.8) is 0 Å². The predicted molar refractivity (Wildman–Crippen MR) is 99.1 cm³/mol. The molecule has 0 aromatic heterocycles. The Morgan fingerprint density at radius 2 is 2.00 bits per heavy atom. The molecule has 3 N–H and O–H groups in total. The fourth-order valence-electron chi connectivity index (χ4n) is 2.15. The van der Waals surface area contributed by atoms with Gasteiger partial charge in [0.05, 0.1) is 12.7 Å². The summed E-state index contributed by atoms with van der Waals surface area (Å²) in [6.45, 7) is 6.10. The first kappa shape index (κ1) is 21.8. The van der Waals surface area contributed by atoms with Crippen molar-refractivity contribution in [1.82, 2.24) is 10.6 Å². The van der Waals surface area contributed by atoms with Crippen molar-refractivity contribution >= 4 is 12.0 Å². The predicted octanol–water partition coefficient (Wildman–Crippen LogP) is 2.54. The van der Waals surface area contributed by atoms with Gasteiger partial charge in [-0.05, 0) is 51.3 Å². The SMILES string of the molecule is CNC(=O)CCCOc1cccc(C(O)CCNC(=O)OC(C)(C)C)c1. The molecule has 1 aromatic carbocycles. The largest absolute Gasteiger partial charge is 0.494 e. The van der Waals surface area contributed by atoms with Crippen LogP contribution in [0.4, 0.5) is 4.79 Å². The molecular formula is C19H30N2O5. The molecule has 0 saturated heterocycles. The number of nitrogens with one attached hydrogen (secondary N) is 2. The molecule has 1 rings (SSSR count). The lowest BCUT2D eigenvalue weighted by molar-refractivity contribution is -0.120. The molecule has 1 unspecified atom stereocenters. The normalized spacial score (nSPS) is 12.2. The molecule has 0 aliphatic carbocycles. The van der Waals surface area contributed by atoms with E-state index in [2.05, 4.69) is 10.6 Å². The number of aliphatic hydroxyl groups excluding tert-OH is 1. The van der Waals surface area contributed by atoms with Crippen molar-refractivity contribution in [3.8, 4) is 5.75 Å². The molecular weight excluding hydrogens is 336 g/mol. The maximum absolute atomic E-state index is 11.6. The van der Waals surface area contributed by atoms with Crippen LogP contribution in [0.15, 0.2) is 24.3 Å². The van der Waals surface area contributed by atoms with Crippen molar-refractivity contribution in [1.29, 1.82) is 0 Å². The van der Waals surface area contributed by atoms with Crippen LogP contribution in [0.3, 0.4) is 0 Å². The number of carbonyl (C=O) groups excluding carboxylic acids is 2. The van der Waals surface area contributed by atoms with Crippen LogP contribution in [0, 0.1) is 0 Å². The lowest BCUT2D eigenvalue weighted by Crippen LogP contribution is -2.33. The second-order valence-corrected chi connectivity index (χ2v) is 6.93. The summed E-state index contributed by atoms with van der Waals surface area (Å²) >= 11 is 0. The Hall–Kier alpha value is -2.28. The molecule has 146 valence electrons. The first-order valence-corrected chi connectivity index (χ1v) is 8.79. The molecule has 0 aliphatic rings. The summed E-state index contributed by atoms with van der Waals surface area (Å²) in [7, 11) is 1.60. The summed E-state index contributed by atoms with van der Waals surface area (Å²) in [5.74, 6) is 0.619. The van der Waals surface area contributed by atoms with E-state index in [4.69, 9.17) is 9.47 Å². The first-order chi connectivity index (χ1) is 12.2. The Morgan fingerprint density at radius 1 is 1.27 bits per heavy atom. The van der Waals surface area contributed by atoms with Crippen LogP contribution >= 0.6 is 0 Å². The topological polar surface area (TPSA) is 96.9 Å². The van der Waals surface area contributed by atoms with E-state index in [1.165, 1.54) is 0 Å². The second-order valence-electron chi connectivity index (χ2n) is 6.93. The Morgan fingerprint density at radius 3 is 2.65 bits per heavy atom. The zero-order valence-corrected chi connectivity index (χ0v) is 16.0. The van der Waals surface area contributed by atoms with E-state index in [1.807, 2.05) is 0 Å². The number of hydrogen-bond acceptors (Lipinski definition) is 5. The number of aliphatic hydroxyl groups is 1.